The molecular formula is C18H24ClFN4. The Hall–Kier alpha value is -1.77. The quantitative estimate of drug-likeness (QED) is 0.471. The second-order valence-corrected chi connectivity index (χ2v) is 6.08. The molecule has 1 atom stereocenters. The number of benzene rings is 1. The number of guanidine groups is 1. The van der Waals surface area contributed by atoms with Crippen LogP contribution in [0.1, 0.15) is 31.4 Å². The van der Waals surface area contributed by atoms with Gasteiger partial charge in [0.1, 0.15) is 5.82 Å². The summed E-state index contributed by atoms with van der Waals surface area (Å²) in [7, 11) is 0. The highest BCUT2D eigenvalue weighted by molar-refractivity contribution is 6.31. The summed E-state index contributed by atoms with van der Waals surface area (Å²) in [5.41, 5.74) is 0.526. The Balaban J connectivity index is 2.25. The van der Waals surface area contributed by atoms with E-state index in [1.165, 1.54) is 6.07 Å². The minimum Gasteiger partial charge on any atom is -0.357 e. The van der Waals surface area contributed by atoms with Gasteiger partial charge in [-0.05, 0) is 45.0 Å². The fourth-order valence-electron chi connectivity index (χ4n) is 2.93. The van der Waals surface area contributed by atoms with E-state index < -0.39 is 0 Å². The number of terminal acetylenes is 1. The minimum absolute atomic E-state index is 0.178. The maximum Gasteiger partial charge on any atom is 0.192 e. The number of likely N-dealkylation sites (tertiary alicyclic amines) is 1. The number of hydrogen-bond acceptors (Lipinski definition) is 2. The van der Waals surface area contributed by atoms with E-state index in [9.17, 15) is 4.39 Å². The van der Waals surface area contributed by atoms with Crippen LogP contribution in [0.25, 0.3) is 0 Å². The molecule has 1 saturated heterocycles. The topological polar surface area (TPSA) is 39.7 Å². The number of hydrogen-bond donors (Lipinski definition) is 2. The number of rotatable bonds is 6. The van der Waals surface area contributed by atoms with E-state index in [1.807, 2.05) is 6.92 Å². The van der Waals surface area contributed by atoms with Crippen LogP contribution in [0.5, 0.6) is 0 Å². The van der Waals surface area contributed by atoms with Crippen molar-refractivity contribution in [3.63, 3.8) is 0 Å². The average molecular weight is 351 g/mol. The van der Waals surface area contributed by atoms with Gasteiger partial charge in [-0.2, -0.15) is 0 Å². The highest BCUT2D eigenvalue weighted by Crippen LogP contribution is 2.32. The van der Waals surface area contributed by atoms with Crippen molar-refractivity contribution in [2.24, 2.45) is 4.99 Å². The lowest BCUT2D eigenvalue weighted by atomic mass is 10.0. The maximum atomic E-state index is 14.4. The van der Waals surface area contributed by atoms with Crippen molar-refractivity contribution >= 4 is 17.6 Å². The molecule has 1 unspecified atom stereocenters. The Morgan fingerprint density at radius 3 is 2.79 bits per heavy atom. The molecule has 24 heavy (non-hydrogen) atoms. The summed E-state index contributed by atoms with van der Waals surface area (Å²) in [4.78, 5) is 6.83. The van der Waals surface area contributed by atoms with Gasteiger partial charge in [-0.25, -0.2) is 4.39 Å². The molecule has 0 aromatic heterocycles. The van der Waals surface area contributed by atoms with Crippen LogP contribution in [-0.4, -0.2) is 43.6 Å². The summed E-state index contributed by atoms with van der Waals surface area (Å²) in [5, 5.41) is 6.64. The summed E-state index contributed by atoms with van der Waals surface area (Å²) >= 11 is 6.29. The van der Waals surface area contributed by atoms with Gasteiger partial charge in [-0.15, -0.1) is 6.42 Å². The molecule has 130 valence electrons. The Kier molecular flexibility index (Phi) is 7.36. The van der Waals surface area contributed by atoms with E-state index >= 15 is 0 Å². The molecule has 0 radical (unpaired) electrons. The van der Waals surface area contributed by atoms with E-state index in [0.29, 0.717) is 29.6 Å². The van der Waals surface area contributed by atoms with Gasteiger partial charge in [-0.1, -0.05) is 23.6 Å². The lowest BCUT2D eigenvalue weighted by molar-refractivity contribution is 0.246. The van der Waals surface area contributed by atoms with E-state index in [-0.39, 0.29) is 11.9 Å². The Bertz CT molecular complexity index is 585. The summed E-state index contributed by atoms with van der Waals surface area (Å²) in [6, 6.07) is 4.64. The van der Waals surface area contributed by atoms with Crippen LogP contribution in [0.15, 0.2) is 23.2 Å². The van der Waals surface area contributed by atoms with Gasteiger partial charge in [0.15, 0.2) is 5.96 Å². The predicted molar refractivity (Wildman–Crippen MR) is 97.8 cm³/mol. The van der Waals surface area contributed by atoms with Crippen molar-refractivity contribution in [1.29, 1.82) is 0 Å². The first-order chi connectivity index (χ1) is 11.7. The molecule has 4 nitrogen and oxygen atoms in total. The number of halogens is 2. The number of nitrogens with one attached hydrogen (secondary N) is 2. The molecule has 1 aliphatic rings. The van der Waals surface area contributed by atoms with Gasteiger partial charge >= 0.3 is 0 Å². The Morgan fingerprint density at radius 2 is 2.17 bits per heavy atom. The zero-order valence-electron chi connectivity index (χ0n) is 14.0. The molecule has 0 bridgehead atoms. The predicted octanol–water partition coefficient (Wildman–Crippen LogP) is 2.80. The first-order valence-corrected chi connectivity index (χ1v) is 8.68. The van der Waals surface area contributed by atoms with Crippen LogP contribution in [0.4, 0.5) is 4.39 Å². The van der Waals surface area contributed by atoms with Crippen LogP contribution in [0.3, 0.4) is 0 Å². The SMILES string of the molecule is C#CCNC(=NCC(c1c(F)cccc1Cl)N1CCCC1)NCC. The van der Waals surface area contributed by atoms with Gasteiger partial charge < -0.3 is 10.6 Å². The minimum atomic E-state index is -0.281. The molecule has 1 aromatic rings. The molecule has 6 heteroatoms. The largest absolute Gasteiger partial charge is 0.357 e. The van der Waals surface area contributed by atoms with E-state index in [0.717, 1.165) is 32.5 Å². The third-order valence-corrected chi connectivity index (χ3v) is 4.37. The monoisotopic (exact) mass is 350 g/mol. The third-order valence-electron chi connectivity index (χ3n) is 4.04. The van der Waals surface area contributed by atoms with Gasteiger partial charge in [0.05, 0.1) is 19.1 Å². The van der Waals surface area contributed by atoms with Crippen LogP contribution >= 0.6 is 11.6 Å². The second-order valence-electron chi connectivity index (χ2n) is 5.67. The summed E-state index contributed by atoms with van der Waals surface area (Å²) in [6.07, 6.45) is 7.51. The summed E-state index contributed by atoms with van der Waals surface area (Å²) in [6.45, 7) is 5.38. The lowest BCUT2D eigenvalue weighted by Crippen LogP contribution is -2.38. The molecular weight excluding hydrogens is 327 g/mol. The molecule has 0 amide bonds. The fraction of sp³-hybridized carbons (Fsp3) is 0.500. The van der Waals surface area contributed by atoms with Crippen LogP contribution in [-0.2, 0) is 0 Å². The van der Waals surface area contributed by atoms with Gasteiger partial charge in [0.25, 0.3) is 0 Å². The molecule has 0 spiro atoms. The summed E-state index contributed by atoms with van der Waals surface area (Å²) < 4.78 is 14.4. The first-order valence-electron chi connectivity index (χ1n) is 8.31. The Morgan fingerprint density at radius 1 is 1.42 bits per heavy atom. The molecule has 2 N–H and O–H groups in total. The fourth-order valence-corrected chi connectivity index (χ4v) is 3.21. The second kappa shape index (κ2) is 9.51. The van der Waals surface area contributed by atoms with Gasteiger partial charge in [-0.3, -0.25) is 9.89 Å². The van der Waals surface area contributed by atoms with Crippen molar-refractivity contribution in [2.45, 2.75) is 25.8 Å². The first kappa shape index (κ1) is 18.6. The normalized spacial score (nSPS) is 16.7. The molecule has 0 saturated carbocycles. The number of aliphatic imine (C=N–C) groups is 1. The molecule has 1 aromatic carbocycles. The molecule has 1 heterocycles. The molecule has 2 rings (SSSR count). The van der Waals surface area contributed by atoms with Crippen LogP contribution in [0.2, 0.25) is 5.02 Å². The van der Waals surface area contributed by atoms with Gasteiger partial charge in [0.2, 0.25) is 0 Å². The zero-order chi connectivity index (χ0) is 17.4. The highest BCUT2D eigenvalue weighted by atomic mass is 35.5. The van der Waals surface area contributed by atoms with Crippen molar-refractivity contribution < 1.29 is 4.39 Å². The smallest absolute Gasteiger partial charge is 0.192 e. The lowest BCUT2D eigenvalue weighted by Gasteiger charge is -2.28. The molecule has 1 aliphatic heterocycles. The van der Waals surface area contributed by atoms with E-state index in [4.69, 9.17) is 18.0 Å². The van der Waals surface area contributed by atoms with E-state index in [1.54, 1.807) is 12.1 Å². The third kappa shape index (κ3) is 4.86. The van der Waals surface area contributed by atoms with E-state index in [2.05, 4.69) is 26.4 Å². The molecule has 1 fully saturated rings. The van der Waals surface area contributed by atoms with Crippen molar-refractivity contribution in [2.75, 3.05) is 32.7 Å². The van der Waals surface area contributed by atoms with Crippen LogP contribution < -0.4 is 10.6 Å². The molecule has 0 aliphatic carbocycles. The maximum absolute atomic E-state index is 14.4. The van der Waals surface area contributed by atoms with Gasteiger partial charge in [0, 0.05) is 17.1 Å². The van der Waals surface area contributed by atoms with Crippen molar-refractivity contribution in [3.05, 3.63) is 34.6 Å². The zero-order valence-corrected chi connectivity index (χ0v) is 14.7. The number of nitrogens with zero attached hydrogens (tertiary/aromatic N) is 2. The van der Waals surface area contributed by atoms with Crippen molar-refractivity contribution in [3.8, 4) is 12.3 Å². The van der Waals surface area contributed by atoms with Crippen LogP contribution in [0, 0.1) is 18.2 Å². The average Bonchev–Trinajstić information content (AvgIpc) is 3.09. The Labute approximate surface area is 148 Å². The summed E-state index contributed by atoms with van der Waals surface area (Å²) in [5.74, 6) is 2.88. The van der Waals surface area contributed by atoms with Crippen molar-refractivity contribution in [1.82, 2.24) is 15.5 Å². The highest BCUT2D eigenvalue weighted by Gasteiger charge is 2.27. The standard InChI is InChI=1S/C18H24ClFN4/c1-3-10-22-18(21-4-2)23-13-16(24-11-5-6-12-24)17-14(19)8-7-9-15(17)20/h1,7-9,16H,4-6,10-13H2,2H3,(H2,21,22,23).